The summed E-state index contributed by atoms with van der Waals surface area (Å²) in [5, 5.41) is 8.77. The van der Waals surface area contributed by atoms with Crippen LogP contribution in [0.4, 0.5) is 0 Å². The zero-order valence-corrected chi connectivity index (χ0v) is 7.73. The predicted octanol–water partition coefficient (Wildman–Crippen LogP) is 2.06. The topological polar surface area (TPSA) is 29.5 Å². The number of rotatable bonds is 4. The third-order valence-electron chi connectivity index (χ3n) is 1.63. The van der Waals surface area contributed by atoms with Crippen molar-refractivity contribution in [2.45, 2.75) is 6.92 Å². The van der Waals surface area contributed by atoms with E-state index in [1.165, 1.54) is 0 Å². The van der Waals surface area contributed by atoms with Gasteiger partial charge in [-0.15, -0.1) is 0 Å². The number of hydrogen-bond acceptors (Lipinski definition) is 2. The SMILES string of the molecule is CCO/C(=C/CO)c1ccccc1. The number of ether oxygens (including phenoxy) is 1. The van der Waals surface area contributed by atoms with Gasteiger partial charge in [0.05, 0.1) is 13.2 Å². The van der Waals surface area contributed by atoms with E-state index < -0.39 is 0 Å². The van der Waals surface area contributed by atoms with Gasteiger partial charge in [0.15, 0.2) is 0 Å². The van der Waals surface area contributed by atoms with Crippen molar-refractivity contribution in [2.24, 2.45) is 0 Å². The molecular weight excluding hydrogens is 164 g/mol. The van der Waals surface area contributed by atoms with Gasteiger partial charge in [0.1, 0.15) is 5.76 Å². The molecule has 0 aliphatic carbocycles. The summed E-state index contributed by atoms with van der Waals surface area (Å²) in [5.41, 5.74) is 0.999. The number of benzene rings is 1. The third-order valence-corrected chi connectivity index (χ3v) is 1.63. The van der Waals surface area contributed by atoms with Crippen molar-refractivity contribution in [1.82, 2.24) is 0 Å². The average molecular weight is 178 g/mol. The van der Waals surface area contributed by atoms with E-state index in [0.29, 0.717) is 6.61 Å². The molecule has 13 heavy (non-hydrogen) atoms. The van der Waals surface area contributed by atoms with Gasteiger partial charge in [-0.1, -0.05) is 30.3 Å². The van der Waals surface area contributed by atoms with E-state index in [4.69, 9.17) is 9.84 Å². The fourth-order valence-electron chi connectivity index (χ4n) is 1.10. The predicted molar refractivity (Wildman–Crippen MR) is 53.1 cm³/mol. The Morgan fingerprint density at radius 2 is 2.08 bits per heavy atom. The van der Waals surface area contributed by atoms with Crippen LogP contribution in [0, 0.1) is 0 Å². The maximum absolute atomic E-state index is 8.77. The van der Waals surface area contributed by atoms with E-state index >= 15 is 0 Å². The Kier molecular flexibility index (Phi) is 4.06. The first kappa shape index (κ1) is 9.81. The van der Waals surface area contributed by atoms with Crippen LogP contribution in [0.5, 0.6) is 0 Å². The molecule has 1 aromatic rings. The second-order valence-electron chi connectivity index (χ2n) is 2.55. The van der Waals surface area contributed by atoms with Crippen molar-refractivity contribution in [2.75, 3.05) is 13.2 Å². The van der Waals surface area contributed by atoms with Gasteiger partial charge in [0.25, 0.3) is 0 Å². The Balaban J connectivity index is 2.83. The first-order valence-corrected chi connectivity index (χ1v) is 4.37. The average Bonchev–Trinajstić information content (AvgIpc) is 2.19. The minimum Gasteiger partial charge on any atom is -0.494 e. The highest BCUT2D eigenvalue weighted by Crippen LogP contribution is 2.14. The Morgan fingerprint density at radius 1 is 1.38 bits per heavy atom. The lowest BCUT2D eigenvalue weighted by atomic mass is 10.2. The molecular formula is C11H14O2. The van der Waals surface area contributed by atoms with Crippen LogP contribution in [0.2, 0.25) is 0 Å². The van der Waals surface area contributed by atoms with Crippen molar-refractivity contribution in [3.63, 3.8) is 0 Å². The molecule has 0 atom stereocenters. The van der Waals surface area contributed by atoms with Crippen LogP contribution in [-0.2, 0) is 4.74 Å². The lowest BCUT2D eigenvalue weighted by Crippen LogP contribution is -1.92. The quantitative estimate of drug-likeness (QED) is 0.715. The second kappa shape index (κ2) is 5.38. The number of aliphatic hydroxyl groups excluding tert-OH is 1. The molecule has 0 saturated heterocycles. The zero-order chi connectivity index (χ0) is 9.52. The summed E-state index contributed by atoms with van der Waals surface area (Å²) in [6, 6.07) is 9.75. The molecule has 0 heterocycles. The van der Waals surface area contributed by atoms with Gasteiger partial charge >= 0.3 is 0 Å². The summed E-state index contributed by atoms with van der Waals surface area (Å²) < 4.78 is 5.37. The molecule has 1 aromatic carbocycles. The van der Waals surface area contributed by atoms with E-state index in [0.717, 1.165) is 11.3 Å². The van der Waals surface area contributed by atoms with E-state index in [2.05, 4.69) is 0 Å². The standard InChI is InChI=1S/C11H14O2/c1-2-13-11(8-9-12)10-6-4-3-5-7-10/h3-8,12H,2,9H2,1H3/b11-8+. The third kappa shape index (κ3) is 2.92. The second-order valence-corrected chi connectivity index (χ2v) is 2.55. The number of aliphatic hydroxyl groups is 1. The Morgan fingerprint density at radius 3 is 2.62 bits per heavy atom. The Bertz CT molecular complexity index is 265. The summed E-state index contributed by atoms with van der Waals surface area (Å²) >= 11 is 0. The maximum atomic E-state index is 8.77. The van der Waals surface area contributed by atoms with Gasteiger partial charge in [0, 0.05) is 5.56 Å². The van der Waals surface area contributed by atoms with Gasteiger partial charge in [-0.2, -0.15) is 0 Å². The maximum Gasteiger partial charge on any atom is 0.124 e. The first-order chi connectivity index (χ1) is 6.38. The molecule has 1 N–H and O–H groups in total. The molecule has 0 unspecified atom stereocenters. The summed E-state index contributed by atoms with van der Waals surface area (Å²) in [5.74, 6) is 0.741. The van der Waals surface area contributed by atoms with Crippen molar-refractivity contribution in [1.29, 1.82) is 0 Å². The smallest absolute Gasteiger partial charge is 0.124 e. The van der Waals surface area contributed by atoms with Crippen LogP contribution in [0.25, 0.3) is 5.76 Å². The first-order valence-electron chi connectivity index (χ1n) is 4.37. The van der Waals surface area contributed by atoms with Crippen molar-refractivity contribution < 1.29 is 9.84 Å². The van der Waals surface area contributed by atoms with Crippen molar-refractivity contribution >= 4 is 5.76 Å². The van der Waals surface area contributed by atoms with Crippen molar-refractivity contribution in [3.05, 3.63) is 42.0 Å². The Hall–Kier alpha value is -1.28. The lowest BCUT2D eigenvalue weighted by Gasteiger charge is -2.07. The number of hydrogen-bond donors (Lipinski definition) is 1. The molecule has 70 valence electrons. The molecule has 0 aliphatic rings. The van der Waals surface area contributed by atoms with Gasteiger partial charge in [-0.25, -0.2) is 0 Å². The molecule has 0 bridgehead atoms. The normalized spacial score (nSPS) is 11.4. The Labute approximate surface area is 78.5 Å². The molecule has 0 aromatic heterocycles. The van der Waals surface area contributed by atoms with E-state index in [9.17, 15) is 0 Å². The summed E-state index contributed by atoms with van der Waals surface area (Å²) in [6.07, 6.45) is 1.67. The largest absolute Gasteiger partial charge is 0.494 e. The van der Waals surface area contributed by atoms with Crippen LogP contribution >= 0.6 is 0 Å². The molecule has 0 amide bonds. The van der Waals surface area contributed by atoms with E-state index in [-0.39, 0.29) is 6.61 Å². The molecule has 0 radical (unpaired) electrons. The van der Waals surface area contributed by atoms with Crippen LogP contribution in [0.15, 0.2) is 36.4 Å². The molecule has 2 heteroatoms. The minimum absolute atomic E-state index is 0.00419. The van der Waals surface area contributed by atoms with Gasteiger partial charge in [-0.3, -0.25) is 0 Å². The van der Waals surface area contributed by atoms with Gasteiger partial charge < -0.3 is 9.84 Å². The van der Waals surface area contributed by atoms with Crippen LogP contribution in [0.3, 0.4) is 0 Å². The highest BCUT2D eigenvalue weighted by molar-refractivity contribution is 5.59. The van der Waals surface area contributed by atoms with Crippen molar-refractivity contribution in [3.8, 4) is 0 Å². The molecule has 0 aliphatic heterocycles. The monoisotopic (exact) mass is 178 g/mol. The summed E-state index contributed by atoms with van der Waals surface area (Å²) in [6.45, 7) is 2.54. The summed E-state index contributed by atoms with van der Waals surface area (Å²) in [7, 11) is 0. The molecule has 0 saturated carbocycles. The van der Waals surface area contributed by atoms with Gasteiger partial charge in [0.2, 0.25) is 0 Å². The zero-order valence-electron chi connectivity index (χ0n) is 7.73. The van der Waals surface area contributed by atoms with Crippen LogP contribution in [-0.4, -0.2) is 18.3 Å². The summed E-state index contributed by atoms with van der Waals surface area (Å²) in [4.78, 5) is 0. The lowest BCUT2D eigenvalue weighted by molar-refractivity contribution is 0.289. The highest BCUT2D eigenvalue weighted by Gasteiger charge is 1.99. The van der Waals surface area contributed by atoms with Crippen LogP contribution < -0.4 is 0 Å². The molecule has 1 rings (SSSR count). The van der Waals surface area contributed by atoms with Crippen LogP contribution in [0.1, 0.15) is 12.5 Å². The fraction of sp³-hybridized carbons (Fsp3) is 0.273. The van der Waals surface area contributed by atoms with E-state index in [1.807, 2.05) is 37.3 Å². The molecule has 0 spiro atoms. The minimum atomic E-state index is 0.00419. The fourth-order valence-corrected chi connectivity index (χ4v) is 1.10. The molecule has 0 fully saturated rings. The molecule has 2 nitrogen and oxygen atoms in total. The van der Waals surface area contributed by atoms with E-state index in [1.54, 1.807) is 6.08 Å². The highest BCUT2D eigenvalue weighted by atomic mass is 16.5. The van der Waals surface area contributed by atoms with Gasteiger partial charge in [-0.05, 0) is 13.0 Å².